The van der Waals surface area contributed by atoms with E-state index in [1.54, 1.807) is 24.3 Å². The van der Waals surface area contributed by atoms with Crippen molar-refractivity contribution in [1.29, 1.82) is 0 Å². The van der Waals surface area contributed by atoms with E-state index in [9.17, 15) is 8.42 Å². The molecule has 0 unspecified atom stereocenters. The van der Waals surface area contributed by atoms with Gasteiger partial charge in [-0.05, 0) is 42.7 Å². The van der Waals surface area contributed by atoms with Gasteiger partial charge in [0.15, 0.2) is 0 Å². The van der Waals surface area contributed by atoms with E-state index >= 15 is 0 Å². The van der Waals surface area contributed by atoms with Gasteiger partial charge in [-0.1, -0.05) is 72.1 Å². The Kier molecular flexibility index (Phi) is 7.69. The average molecular weight is 473 g/mol. The van der Waals surface area contributed by atoms with Gasteiger partial charge in [0.25, 0.3) is 10.0 Å². The highest BCUT2D eigenvalue weighted by Gasteiger charge is 2.22. The van der Waals surface area contributed by atoms with Gasteiger partial charge in [-0.25, -0.2) is 12.7 Å². The molecule has 0 bridgehead atoms. The predicted octanol–water partition coefficient (Wildman–Crippen LogP) is 5.28. The summed E-state index contributed by atoms with van der Waals surface area (Å²) in [6.45, 7) is 3.13. The fourth-order valence-electron chi connectivity index (χ4n) is 3.67. The number of H-pyrrole nitrogens is 1. The number of hydrogen-bond donors (Lipinski definition) is 1. The Bertz CT molecular complexity index is 1380. The summed E-state index contributed by atoms with van der Waals surface area (Å²) in [5, 5.41) is 1.09. The standard InChI is InChI=1S/C28H28N2O3S/c1-23-13-15-26(16-14-23)34(31,32)30(18-7-8-20-33-22-24-9-3-2-4-10-24)19-17-25-21-29-28-12-6-5-11-27(25)28/h2-6,9-16,21,29H,8,17,19-20,22H2,1H3. The van der Waals surface area contributed by atoms with E-state index in [2.05, 4.69) is 16.9 Å². The number of hydrogen-bond acceptors (Lipinski definition) is 3. The van der Waals surface area contributed by atoms with Gasteiger partial charge in [0.05, 0.1) is 18.1 Å². The van der Waals surface area contributed by atoms with Crippen LogP contribution in [-0.2, 0) is 27.8 Å². The van der Waals surface area contributed by atoms with E-state index < -0.39 is 10.0 Å². The zero-order valence-corrected chi connectivity index (χ0v) is 20.0. The lowest BCUT2D eigenvalue weighted by Crippen LogP contribution is -2.28. The van der Waals surface area contributed by atoms with Crippen LogP contribution in [0.25, 0.3) is 10.9 Å². The molecule has 174 valence electrons. The van der Waals surface area contributed by atoms with Crippen LogP contribution in [-0.4, -0.2) is 30.9 Å². The van der Waals surface area contributed by atoms with Crippen molar-refractivity contribution < 1.29 is 13.2 Å². The summed E-state index contributed by atoms with van der Waals surface area (Å²) in [6, 6.07) is 27.7. The van der Waals surface area contributed by atoms with Crippen LogP contribution in [0.5, 0.6) is 0 Å². The number of sulfonamides is 1. The number of para-hydroxylation sites is 1. The minimum absolute atomic E-state index is 0.242. The zero-order chi connectivity index (χ0) is 23.8. The molecule has 0 spiro atoms. The van der Waals surface area contributed by atoms with Crippen LogP contribution in [0.3, 0.4) is 0 Å². The lowest BCUT2D eigenvalue weighted by atomic mass is 10.1. The van der Waals surface area contributed by atoms with Crippen molar-refractivity contribution in [2.45, 2.75) is 31.3 Å². The van der Waals surface area contributed by atoms with E-state index in [1.807, 2.05) is 67.7 Å². The molecule has 0 saturated carbocycles. The van der Waals surface area contributed by atoms with Crippen molar-refractivity contribution in [2.24, 2.45) is 0 Å². The molecule has 0 aliphatic heterocycles. The summed E-state index contributed by atoms with van der Waals surface area (Å²) in [7, 11) is -3.75. The number of nitrogens with one attached hydrogen (secondary N) is 1. The topological polar surface area (TPSA) is 62.4 Å². The molecule has 0 radical (unpaired) electrons. The fourth-order valence-corrected chi connectivity index (χ4v) is 4.92. The second kappa shape index (κ2) is 11.1. The molecule has 0 amide bonds. The molecule has 1 aromatic heterocycles. The number of ether oxygens (including phenoxy) is 1. The highest BCUT2D eigenvalue weighted by molar-refractivity contribution is 7.89. The molecule has 0 fully saturated rings. The Balaban J connectivity index is 1.46. The van der Waals surface area contributed by atoms with Crippen LogP contribution in [0.1, 0.15) is 23.1 Å². The Labute approximate surface area is 201 Å². The number of aromatic nitrogens is 1. The van der Waals surface area contributed by atoms with Crippen LogP contribution < -0.4 is 0 Å². The van der Waals surface area contributed by atoms with Crippen molar-refractivity contribution in [3.8, 4) is 12.0 Å². The first kappa shape index (κ1) is 23.6. The first-order valence-corrected chi connectivity index (χ1v) is 12.7. The quantitative estimate of drug-likeness (QED) is 0.205. The third kappa shape index (κ3) is 5.88. The van der Waals surface area contributed by atoms with Gasteiger partial charge in [0, 0.05) is 36.1 Å². The molecule has 6 heteroatoms. The lowest BCUT2D eigenvalue weighted by Gasteiger charge is -2.18. The molecular formula is C28H28N2O3S. The third-order valence-corrected chi connectivity index (χ3v) is 7.28. The molecule has 1 heterocycles. The van der Waals surface area contributed by atoms with Gasteiger partial charge >= 0.3 is 0 Å². The Morgan fingerprint density at radius 3 is 2.47 bits per heavy atom. The Hall–Kier alpha value is -3.53. The minimum Gasteiger partial charge on any atom is -0.376 e. The van der Waals surface area contributed by atoms with Crippen molar-refractivity contribution >= 4 is 20.9 Å². The molecule has 0 aliphatic rings. The normalized spacial score (nSPS) is 11.2. The molecule has 4 aromatic rings. The molecule has 0 aliphatic carbocycles. The Morgan fingerprint density at radius 1 is 0.941 bits per heavy atom. The van der Waals surface area contributed by atoms with Gasteiger partial charge in [-0.2, -0.15) is 0 Å². The minimum atomic E-state index is -3.75. The van der Waals surface area contributed by atoms with Crippen molar-refractivity contribution in [3.05, 3.63) is 102 Å². The molecule has 0 saturated heterocycles. The highest BCUT2D eigenvalue weighted by atomic mass is 32.2. The molecule has 4 rings (SSSR count). The van der Waals surface area contributed by atoms with E-state index in [1.165, 1.54) is 4.31 Å². The number of fused-ring (bicyclic) bond motifs is 1. The maximum absolute atomic E-state index is 13.4. The number of benzene rings is 3. The molecule has 1 N–H and O–H groups in total. The Morgan fingerprint density at radius 2 is 1.68 bits per heavy atom. The predicted molar refractivity (Wildman–Crippen MR) is 136 cm³/mol. The maximum Gasteiger partial charge on any atom is 0.270 e. The van der Waals surface area contributed by atoms with Gasteiger partial charge in [0.2, 0.25) is 0 Å². The van der Waals surface area contributed by atoms with Crippen LogP contribution in [0, 0.1) is 18.9 Å². The average Bonchev–Trinajstić information content (AvgIpc) is 3.27. The summed E-state index contributed by atoms with van der Waals surface area (Å²) in [5.41, 5.74) is 4.20. The SMILES string of the molecule is Cc1ccc(S(=O)(=O)N(C#CCCOCc2ccccc2)CCc2c[nH]c3ccccc23)cc1. The summed E-state index contributed by atoms with van der Waals surface area (Å²) in [5.74, 6) is 2.99. The molecule has 3 aromatic carbocycles. The number of aryl methyl sites for hydroxylation is 1. The second-order valence-corrected chi connectivity index (χ2v) is 9.94. The highest BCUT2D eigenvalue weighted by Crippen LogP contribution is 2.21. The zero-order valence-electron chi connectivity index (χ0n) is 19.2. The second-order valence-electron chi connectivity index (χ2n) is 8.08. The van der Waals surface area contributed by atoms with Gasteiger partial charge < -0.3 is 9.72 Å². The van der Waals surface area contributed by atoms with Crippen molar-refractivity contribution in [1.82, 2.24) is 9.29 Å². The van der Waals surface area contributed by atoms with Gasteiger partial charge in [-0.15, -0.1) is 0 Å². The van der Waals surface area contributed by atoms with Crippen molar-refractivity contribution in [3.63, 3.8) is 0 Å². The number of aromatic amines is 1. The molecule has 34 heavy (non-hydrogen) atoms. The van der Waals surface area contributed by atoms with E-state index in [0.29, 0.717) is 26.1 Å². The van der Waals surface area contributed by atoms with Gasteiger partial charge in [-0.3, -0.25) is 0 Å². The van der Waals surface area contributed by atoms with Crippen molar-refractivity contribution in [2.75, 3.05) is 13.2 Å². The fraction of sp³-hybridized carbons (Fsp3) is 0.214. The smallest absolute Gasteiger partial charge is 0.270 e. The first-order valence-electron chi connectivity index (χ1n) is 11.3. The third-order valence-electron chi connectivity index (χ3n) is 5.55. The van der Waals surface area contributed by atoms with E-state index in [0.717, 1.165) is 27.6 Å². The molecular weight excluding hydrogens is 444 g/mol. The molecule has 0 atom stereocenters. The van der Waals surface area contributed by atoms with Crippen LogP contribution in [0.4, 0.5) is 0 Å². The monoisotopic (exact) mass is 472 g/mol. The van der Waals surface area contributed by atoms with Crippen LogP contribution in [0.2, 0.25) is 0 Å². The summed E-state index contributed by atoms with van der Waals surface area (Å²) in [4.78, 5) is 3.49. The summed E-state index contributed by atoms with van der Waals surface area (Å²) < 4.78 is 33.7. The molecule has 5 nitrogen and oxygen atoms in total. The summed E-state index contributed by atoms with van der Waals surface area (Å²) >= 11 is 0. The first-order chi connectivity index (χ1) is 16.5. The lowest BCUT2D eigenvalue weighted by molar-refractivity contribution is 0.126. The largest absolute Gasteiger partial charge is 0.376 e. The maximum atomic E-state index is 13.4. The number of rotatable bonds is 9. The van der Waals surface area contributed by atoms with Crippen LogP contribution >= 0.6 is 0 Å². The van der Waals surface area contributed by atoms with Gasteiger partial charge in [0.1, 0.15) is 0 Å². The van der Waals surface area contributed by atoms with E-state index in [-0.39, 0.29) is 11.4 Å². The summed E-state index contributed by atoms with van der Waals surface area (Å²) in [6.07, 6.45) is 2.93. The van der Waals surface area contributed by atoms with E-state index in [4.69, 9.17) is 4.74 Å². The number of nitrogens with zero attached hydrogens (tertiary/aromatic N) is 1. The van der Waals surface area contributed by atoms with Crippen LogP contribution in [0.15, 0.2) is 90.0 Å².